The maximum absolute atomic E-state index is 13.0. The number of hydrogen-bond acceptors (Lipinski definition) is 6. The molecule has 2 aliphatic rings. The summed E-state index contributed by atoms with van der Waals surface area (Å²) < 4.78 is 0. The van der Waals surface area contributed by atoms with Crippen molar-refractivity contribution in [3.05, 3.63) is 29.3 Å². The Labute approximate surface area is 161 Å². The highest BCUT2D eigenvalue weighted by Crippen LogP contribution is 2.27. The van der Waals surface area contributed by atoms with E-state index in [0.29, 0.717) is 31.5 Å². The summed E-state index contributed by atoms with van der Waals surface area (Å²) in [6, 6.07) is 3.95. The number of amides is 3. The van der Waals surface area contributed by atoms with Crippen LogP contribution in [0.4, 0.5) is 5.69 Å². The third-order valence-electron chi connectivity index (χ3n) is 5.29. The van der Waals surface area contributed by atoms with Crippen molar-refractivity contribution < 1.29 is 29.1 Å². The van der Waals surface area contributed by atoms with Crippen LogP contribution in [0.1, 0.15) is 40.0 Å². The first-order chi connectivity index (χ1) is 13.3. The van der Waals surface area contributed by atoms with Crippen LogP contribution in [0.3, 0.4) is 0 Å². The first-order valence-electron chi connectivity index (χ1n) is 8.99. The Balaban J connectivity index is 1.84. The minimum Gasteiger partial charge on any atom is -0.481 e. The standard InChI is InChI=1S/C19H21N3O6/c1-21(15-4-5-16(24)20-17(15)25)18(26)14-8-13(3-2-12(14)10-23)22-7-6-11(9-22)19(27)28/h2-3,8,10-11,15H,4-7,9H2,1H3,(H,27,28)(H,20,24,25). The molecule has 2 aliphatic heterocycles. The molecule has 0 aliphatic carbocycles. The largest absolute Gasteiger partial charge is 0.481 e. The molecule has 9 nitrogen and oxygen atoms in total. The number of carbonyl (C=O) groups excluding carboxylic acids is 4. The maximum Gasteiger partial charge on any atom is 0.308 e. The number of carbonyl (C=O) groups is 5. The van der Waals surface area contributed by atoms with Crippen LogP contribution >= 0.6 is 0 Å². The zero-order valence-corrected chi connectivity index (χ0v) is 15.4. The Morgan fingerprint density at radius 1 is 1.29 bits per heavy atom. The summed E-state index contributed by atoms with van der Waals surface area (Å²) in [7, 11) is 1.46. The number of piperidine rings is 1. The van der Waals surface area contributed by atoms with Gasteiger partial charge in [0, 0.05) is 37.8 Å². The second kappa shape index (κ2) is 7.79. The molecule has 2 unspecified atom stereocenters. The Hall–Kier alpha value is -3.23. The molecule has 0 bridgehead atoms. The molecule has 1 aromatic carbocycles. The minimum absolute atomic E-state index is 0.137. The van der Waals surface area contributed by atoms with Gasteiger partial charge in [-0.3, -0.25) is 29.3 Å². The lowest BCUT2D eigenvalue weighted by atomic mass is 10.0. The number of benzene rings is 1. The van der Waals surface area contributed by atoms with Crippen molar-refractivity contribution in [3.63, 3.8) is 0 Å². The molecular weight excluding hydrogens is 366 g/mol. The normalized spacial score (nSPS) is 22.0. The lowest BCUT2D eigenvalue weighted by molar-refractivity contribution is -0.141. The van der Waals surface area contributed by atoms with Gasteiger partial charge in [0.1, 0.15) is 6.04 Å². The predicted molar refractivity (Wildman–Crippen MR) is 98.1 cm³/mol. The van der Waals surface area contributed by atoms with E-state index < -0.39 is 29.7 Å². The van der Waals surface area contributed by atoms with E-state index in [-0.39, 0.29) is 29.9 Å². The van der Waals surface area contributed by atoms with Crippen molar-refractivity contribution in [2.75, 3.05) is 25.0 Å². The van der Waals surface area contributed by atoms with E-state index in [1.807, 2.05) is 4.90 Å². The Morgan fingerprint density at radius 2 is 2.04 bits per heavy atom. The van der Waals surface area contributed by atoms with Gasteiger partial charge in [-0.25, -0.2) is 0 Å². The van der Waals surface area contributed by atoms with E-state index >= 15 is 0 Å². The average Bonchev–Trinajstić information content (AvgIpc) is 3.17. The predicted octanol–water partition coefficient (Wildman–Crippen LogP) is 0.287. The third kappa shape index (κ3) is 3.73. The van der Waals surface area contributed by atoms with Gasteiger partial charge in [-0.05, 0) is 31.0 Å². The lowest BCUT2D eigenvalue weighted by Crippen LogP contribution is -2.53. The van der Waals surface area contributed by atoms with Crippen molar-refractivity contribution in [1.82, 2.24) is 10.2 Å². The first kappa shape index (κ1) is 19.5. The number of likely N-dealkylation sites (N-methyl/N-ethyl adjacent to an activating group) is 1. The number of aliphatic carboxylic acids is 1. The molecule has 2 saturated heterocycles. The highest BCUT2D eigenvalue weighted by molar-refractivity contribution is 6.06. The molecule has 3 amide bonds. The summed E-state index contributed by atoms with van der Waals surface area (Å²) in [6.45, 7) is 0.862. The van der Waals surface area contributed by atoms with E-state index in [9.17, 15) is 24.0 Å². The van der Waals surface area contributed by atoms with E-state index in [4.69, 9.17) is 5.11 Å². The van der Waals surface area contributed by atoms with Crippen molar-refractivity contribution in [1.29, 1.82) is 0 Å². The molecule has 2 atom stereocenters. The van der Waals surface area contributed by atoms with Gasteiger partial charge in [0.25, 0.3) is 5.91 Å². The van der Waals surface area contributed by atoms with Gasteiger partial charge in [0.05, 0.1) is 11.5 Å². The Bertz CT molecular complexity index is 852. The number of imide groups is 1. The fourth-order valence-corrected chi connectivity index (χ4v) is 3.61. The number of carboxylic acid groups (broad SMARTS) is 1. The molecule has 0 radical (unpaired) electrons. The van der Waals surface area contributed by atoms with Crippen molar-refractivity contribution in [2.24, 2.45) is 5.92 Å². The zero-order valence-electron chi connectivity index (χ0n) is 15.4. The molecule has 1 aromatic rings. The molecule has 0 spiro atoms. The van der Waals surface area contributed by atoms with E-state index in [0.717, 1.165) is 0 Å². The smallest absolute Gasteiger partial charge is 0.308 e. The topological polar surface area (TPSA) is 124 Å². The number of anilines is 1. The third-order valence-corrected chi connectivity index (χ3v) is 5.29. The fourth-order valence-electron chi connectivity index (χ4n) is 3.61. The average molecular weight is 387 g/mol. The van der Waals surface area contributed by atoms with Crippen LogP contribution in [0.2, 0.25) is 0 Å². The van der Waals surface area contributed by atoms with Gasteiger partial charge in [-0.2, -0.15) is 0 Å². The van der Waals surface area contributed by atoms with Crippen LogP contribution in [0.5, 0.6) is 0 Å². The number of nitrogens with one attached hydrogen (secondary N) is 1. The molecule has 28 heavy (non-hydrogen) atoms. The van der Waals surface area contributed by atoms with Crippen molar-refractivity contribution in [2.45, 2.75) is 25.3 Å². The highest BCUT2D eigenvalue weighted by atomic mass is 16.4. The number of nitrogens with zero attached hydrogens (tertiary/aromatic N) is 2. The minimum atomic E-state index is -0.860. The van der Waals surface area contributed by atoms with Crippen LogP contribution < -0.4 is 10.2 Å². The second-order valence-electron chi connectivity index (χ2n) is 7.04. The molecule has 2 N–H and O–H groups in total. The molecular formula is C19H21N3O6. The summed E-state index contributed by atoms with van der Waals surface area (Å²) in [5, 5.41) is 11.4. The quantitative estimate of drug-likeness (QED) is 0.549. The van der Waals surface area contributed by atoms with Gasteiger partial charge in [-0.1, -0.05) is 0 Å². The van der Waals surface area contributed by atoms with Crippen LogP contribution in [0.15, 0.2) is 18.2 Å². The van der Waals surface area contributed by atoms with Gasteiger partial charge >= 0.3 is 5.97 Å². The number of aldehydes is 1. The van der Waals surface area contributed by atoms with E-state index in [2.05, 4.69) is 5.32 Å². The van der Waals surface area contributed by atoms with E-state index in [1.165, 1.54) is 18.0 Å². The number of carboxylic acids is 1. The van der Waals surface area contributed by atoms with Gasteiger partial charge in [-0.15, -0.1) is 0 Å². The molecule has 3 rings (SSSR count). The molecule has 2 fully saturated rings. The lowest BCUT2D eigenvalue weighted by Gasteiger charge is -2.30. The molecule has 148 valence electrons. The number of hydrogen-bond donors (Lipinski definition) is 2. The summed E-state index contributed by atoms with van der Waals surface area (Å²) in [6.07, 6.45) is 1.43. The van der Waals surface area contributed by atoms with Crippen LogP contribution in [-0.4, -0.2) is 66.2 Å². The molecule has 9 heteroatoms. The monoisotopic (exact) mass is 387 g/mol. The SMILES string of the molecule is CN(C(=O)c1cc(N2CCC(C(=O)O)C2)ccc1C=O)C1CCC(=O)NC1=O. The highest BCUT2D eigenvalue weighted by Gasteiger charge is 2.34. The fraction of sp³-hybridized carbons (Fsp3) is 0.421. The van der Waals surface area contributed by atoms with Crippen LogP contribution in [0.25, 0.3) is 0 Å². The summed E-state index contributed by atoms with van der Waals surface area (Å²) in [5.74, 6) is -2.76. The molecule has 2 heterocycles. The van der Waals surface area contributed by atoms with Crippen LogP contribution in [-0.2, 0) is 14.4 Å². The second-order valence-corrected chi connectivity index (χ2v) is 7.04. The van der Waals surface area contributed by atoms with Crippen molar-refractivity contribution in [3.8, 4) is 0 Å². The van der Waals surface area contributed by atoms with Gasteiger partial charge < -0.3 is 14.9 Å². The summed E-state index contributed by atoms with van der Waals surface area (Å²) in [5.41, 5.74) is 0.967. The molecule has 0 saturated carbocycles. The maximum atomic E-state index is 13.0. The summed E-state index contributed by atoms with van der Waals surface area (Å²) >= 11 is 0. The Kier molecular flexibility index (Phi) is 5.43. The summed E-state index contributed by atoms with van der Waals surface area (Å²) in [4.78, 5) is 62.0. The van der Waals surface area contributed by atoms with Crippen LogP contribution in [0, 0.1) is 5.92 Å². The van der Waals surface area contributed by atoms with Gasteiger partial charge in [0.15, 0.2) is 6.29 Å². The molecule has 0 aromatic heterocycles. The first-order valence-corrected chi connectivity index (χ1v) is 8.99. The Morgan fingerprint density at radius 3 is 2.64 bits per heavy atom. The zero-order chi connectivity index (χ0) is 20.4. The number of rotatable bonds is 5. The van der Waals surface area contributed by atoms with Crippen molar-refractivity contribution >= 4 is 35.7 Å². The van der Waals surface area contributed by atoms with E-state index in [1.54, 1.807) is 12.1 Å². The van der Waals surface area contributed by atoms with Gasteiger partial charge in [0.2, 0.25) is 11.8 Å².